The Morgan fingerprint density at radius 1 is 1.28 bits per heavy atom. The molecule has 5 nitrogen and oxygen atoms in total. The van der Waals surface area contributed by atoms with E-state index in [4.69, 9.17) is 9.47 Å². The van der Waals surface area contributed by atoms with Gasteiger partial charge in [-0.2, -0.15) is 4.98 Å². The van der Waals surface area contributed by atoms with Gasteiger partial charge in [-0.1, -0.05) is 20.3 Å². The van der Waals surface area contributed by atoms with Gasteiger partial charge in [0.25, 0.3) is 5.88 Å². The molecule has 1 unspecified atom stereocenters. The second kappa shape index (κ2) is 7.74. The van der Waals surface area contributed by atoms with Crippen LogP contribution < -0.4 is 14.8 Å². The molecule has 1 rings (SSSR count). The summed E-state index contributed by atoms with van der Waals surface area (Å²) in [7, 11) is 1.60. The van der Waals surface area contributed by atoms with Gasteiger partial charge in [-0.3, -0.25) is 0 Å². The Kier molecular flexibility index (Phi) is 6.25. The van der Waals surface area contributed by atoms with Crippen LogP contribution in [-0.2, 0) is 0 Å². The molecule has 1 aromatic rings. The lowest BCUT2D eigenvalue weighted by Gasteiger charge is -2.16. The minimum absolute atomic E-state index is 0.123. The van der Waals surface area contributed by atoms with Crippen LogP contribution in [0, 0.1) is 0 Å². The van der Waals surface area contributed by atoms with Gasteiger partial charge in [-0.25, -0.2) is 4.98 Å². The van der Waals surface area contributed by atoms with E-state index in [0.29, 0.717) is 17.4 Å². The topological polar surface area (TPSA) is 56.3 Å². The smallest absolute Gasteiger partial charge is 0.262 e. The normalized spacial score (nSPS) is 12.0. The van der Waals surface area contributed by atoms with Crippen molar-refractivity contribution in [1.82, 2.24) is 9.97 Å². The molecule has 0 saturated heterocycles. The molecule has 0 spiro atoms. The zero-order valence-electron chi connectivity index (χ0n) is 11.7. The van der Waals surface area contributed by atoms with Crippen molar-refractivity contribution in [3.05, 3.63) is 6.33 Å². The average Bonchev–Trinajstić information content (AvgIpc) is 2.36. The summed E-state index contributed by atoms with van der Waals surface area (Å²) < 4.78 is 11.1. The zero-order valence-corrected chi connectivity index (χ0v) is 11.7. The van der Waals surface area contributed by atoms with Crippen LogP contribution in [0.15, 0.2) is 6.33 Å². The first-order chi connectivity index (χ1) is 8.72. The SMILES string of the molecule is CCCNc1ncnc(OC(C)CCC)c1OC. The van der Waals surface area contributed by atoms with E-state index in [0.717, 1.165) is 25.8 Å². The van der Waals surface area contributed by atoms with Gasteiger partial charge in [0.1, 0.15) is 6.33 Å². The van der Waals surface area contributed by atoms with Crippen molar-refractivity contribution in [3.63, 3.8) is 0 Å². The molecule has 0 amide bonds. The van der Waals surface area contributed by atoms with Crippen molar-refractivity contribution in [2.45, 2.75) is 46.1 Å². The predicted molar refractivity (Wildman–Crippen MR) is 72.4 cm³/mol. The van der Waals surface area contributed by atoms with E-state index in [-0.39, 0.29) is 6.10 Å². The summed E-state index contributed by atoms with van der Waals surface area (Å²) in [5, 5.41) is 3.20. The van der Waals surface area contributed by atoms with Crippen molar-refractivity contribution in [1.29, 1.82) is 0 Å². The summed E-state index contributed by atoms with van der Waals surface area (Å²) in [6.07, 6.45) is 4.71. The lowest BCUT2D eigenvalue weighted by Crippen LogP contribution is -2.14. The van der Waals surface area contributed by atoms with Crippen LogP contribution >= 0.6 is 0 Å². The number of nitrogens with zero attached hydrogens (tertiary/aromatic N) is 2. The minimum atomic E-state index is 0.123. The Hall–Kier alpha value is -1.52. The third-order valence-corrected chi connectivity index (χ3v) is 2.53. The molecule has 1 aromatic heterocycles. The second-order valence-electron chi connectivity index (χ2n) is 4.20. The molecular formula is C13H23N3O2. The fraction of sp³-hybridized carbons (Fsp3) is 0.692. The molecule has 1 atom stereocenters. The van der Waals surface area contributed by atoms with E-state index < -0.39 is 0 Å². The Labute approximate surface area is 109 Å². The number of aromatic nitrogens is 2. The summed E-state index contributed by atoms with van der Waals surface area (Å²) >= 11 is 0. The van der Waals surface area contributed by atoms with Gasteiger partial charge in [0.2, 0.25) is 5.75 Å². The van der Waals surface area contributed by atoms with Gasteiger partial charge in [-0.15, -0.1) is 0 Å². The maximum absolute atomic E-state index is 5.78. The molecule has 0 aliphatic rings. The van der Waals surface area contributed by atoms with Crippen LogP contribution in [0.5, 0.6) is 11.6 Å². The number of nitrogens with one attached hydrogen (secondary N) is 1. The number of methoxy groups -OCH3 is 1. The molecule has 18 heavy (non-hydrogen) atoms. The highest BCUT2D eigenvalue weighted by molar-refractivity contribution is 5.55. The second-order valence-corrected chi connectivity index (χ2v) is 4.20. The van der Waals surface area contributed by atoms with Gasteiger partial charge < -0.3 is 14.8 Å². The minimum Gasteiger partial charge on any atom is -0.489 e. The van der Waals surface area contributed by atoms with E-state index >= 15 is 0 Å². The van der Waals surface area contributed by atoms with Crippen LogP contribution in [-0.4, -0.2) is 29.7 Å². The van der Waals surface area contributed by atoms with E-state index in [1.54, 1.807) is 7.11 Å². The number of rotatable bonds is 8. The van der Waals surface area contributed by atoms with Crippen LogP contribution in [0.2, 0.25) is 0 Å². The lowest BCUT2D eigenvalue weighted by atomic mass is 10.2. The summed E-state index contributed by atoms with van der Waals surface area (Å²) in [5.41, 5.74) is 0. The van der Waals surface area contributed by atoms with Crippen molar-refractivity contribution in [2.24, 2.45) is 0 Å². The summed E-state index contributed by atoms with van der Waals surface area (Å²) in [4.78, 5) is 8.32. The molecule has 0 aliphatic heterocycles. The zero-order chi connectivity index (χ0) is 13.4. The molecule has 1 heterocycles. The fourth-order valence-electron chi connectivity index (χ4n) is 1.65. The highest BCUT2D eigenvalue weighted by Crippen LogP contribution is 2.31. The molecule has 0 aliphatic carbocycles. The van der Waals surface area contributed by atoms with E-state index in [1.165, 1.54) is 6.33 Å². The average molecular weight is 253 g/mol. The summed E-state index contributed by atoms with van der Waals surface area (Å²) in [6.45, 7) is 7.11. The quantitative estimate of drug-likeness (QED) is 0.772. The first-order valence-corrected chi connectivity index (χ1v) is 6.52. The van der Waals surface area contributed by atoms with Crippen molar-refractivity contribution in [2.75, 3.05) is 19.0 Å². The van der Waals surface area contributed by atoms with Crippen LogP contribution in [0.1, 0.15) is 40.0 Å². The van der Waals surface area contributed by atoms with Gasteiger partial charge in [0.05, 0.1) is 13.2 Å². The molecule has 0 fully saturated rings. The van der Waals surface area contributed by atoms with Crippen molar-refractivity contribution < 1.29 is 9.47 Å². The monoisotopic (exact) mass is 253 g/mol. The number of hydrogen-bond donors (Lipinski definition) is 1. The van der Waals surface area contributed by atoms with Gasteiger partial charge >= 0.3 is 0 Å². The van der Waals surface area contributed by atoms with Crippen molar-refractivity contribution >= 4 is 5.82 Å². The van der Waals surface area contributed by atoms with Gasteiger partial charge in [-0.05, 0) is 19.8 Å². The Morgan fingerprint density at radius 3 is 2.67 bits per heavy atom. The van der Waals surface area contributed by atoms with Crippen LogP contribution in [0.3, 0.4) is 0 Å². The maximum Gasteiger partial charge on any atom is 0.262 e. The largest absolute Gasteiger partial charge is 0.489 e. The van der Waals surface area contributed by atoms with Crippen molar-refractivity contribution in [3.8, 4) is 11.6 Å². The first-order valence-electron chi connectivity index (χ1n) is 6.52. The molecule has 0 radical (unpaired) electrons. The molecule has 0 saturated carbocycles. The van der Waals surface area contributed by atoms with Crippen LogP contribution in [0.4, 0.5) is 5.82 Å². The standard InChI is InChI=1S/C13H23N3O2/c1-5-7-10(3)18-13-11(17-4)12(14-8-6-2)15-9-16-13/h9-10H,5-8H2,1-4H3,(H,14,15,16). The van der Waals surface area contributed by atoms with E-state index in [2.05, 4.69) is 29.1 Å². The van der Waals surface area contributed by atoms with E-state index in [9.17, 15) is 0 Å². The van der Waals surface area contributed by atoms with Gasteiger partial charge in [0.15, 0.2) is 5.82 Å². The highest BCUT2D eigenvalue weighted by atomic mass is 16.5. The molecule has 0 aromatic carbocycles. The Bertz CT molecular complexity index is 358. The van der Waals surface area contributed by atoms with E-state index in [1.807, 2.05) is 6.92 Å². The van der Waals surface area contributed by atoms with Gasteiger partial charge in [0, 0.05) is 6.54 Å². The summed E-state index contributed by atoms with van der Waals surface area (Å²) in [6, 6.07) is 0. The molecular weight excluding hydrogens is 230 g/mol. The molecule has 5 heteroatoms. The number of anilines is 1. The Balaban J connectivity index is 2.83. The first kappa shape index (κ1) is 14.5. The fourth-order valence-corrected chi connectivity index (χ4v) is 1.65. The molecule has 0 bridgehead atoms. The molecule has 102 valence electrons. The molecule has 1 N–H and O–H groups in total. The highest BCUT2D eigenvalue weighted by Gasteiger charge is 2.15. The third kappa shape index (κ3) is 4.05. The lowest BCUT2D eigenvalue weighted by molar-refractivity contribution is 0.192. The third-order valence-electron chi connectivity index (χ3n) is 2.53. The number of hydrogen-bond acceptors (Lipinski definition) is 5. The van der Waals surface area contributed by atoms with Crippen LogP contribution in [0.25, 0.3) is 0 Å². The maximum atomic E-state index is 5.78. The number of ether oxygens (including phenoxy) is 2. The predicted octanol–water partition coefficient (Wildman–Crippen LogP) is 2.87. The Morgan fingerprint density at radius 2 is 2.06 bits per heavy atom. The summed E-state index contributed by atoms with van der Waals surface area (Å²) in [5.74, 6) is 1.77.